The van der Waals surface area contributed by atoms with Crippen LogP contribution >= 0.6 is 0 Å². The lowest BCUT2D eigenvalue weighted by Crippen LogP contribution is -2.00. The summed E-state index contributed by atoms with van der Waals surface area (Å²) in [6.45, 7) is 3.40. The number of allylic oxidation sites excluding steroid dienone is 6. The van der Waals surface area contributed by atoms with E-state index in [1.54, 1.807) is 38.1 Å². The molecule has 0 saturated carbocycles. The molecule has 0 aromatic heterocycles. The minimum absolute atomic E-state index is 0.0147. The predicted octanol–water partition coefficient (Wildman–Crippen LogP) is 7.78. The summed E-state index contributed by atoms with van der Waals surface area (Å²) in [5.74, 6) is 0. The fourth-order valence-corrected chi connectivity index (χ4v) is 6.63. The molecule has 48 heavy (non-hydrogen) atoms. The Bertz CT molecular complexity index is 2410. The average molecular weight is 609 g/mol. The van der Waals surface area contributed by atoms with Gasteiger partial charge in [-0.2, -0.15) is 42.1 Å². The van der Waals surface area contributed by atoms with Crippen molar-refractivity contribution in [3.63, 3.8) is 0 Å². The quantitative estimate of drug-likeness (QED) is 0.206. The highest BCUT2D eigenvalue weighted by Gasteiger charge is 2.41. The van der Waals surface area contributed by atoms with E-state index in [0.29, 0.717) is 55.7 Å². The number of nitriles is 8. The lowest BCUT2D eigenvalue weighted by Gasteiger charge is -2.19. The molecule has 8 heteroatoms. The Morgan fingerprint density at radius 1 is 0.438 bits per heavy atom. The Morgan fingerprint density at radius 2 is 0.750 bits per heavy atom. The number of fused-ring (bicyclic) bond motifs is 4. The smallest absolute Gasteiger partial charge is 0.102 e. The van der Waals surface area contributed by atoms with Crippen molar-refractivity contribution in [1.82, 2.24) is 0 Å². The minimum Gasteiger partial charge on any atom is -0.193 e. The maximum absolute atomic E-state index is 10.3. The highest BCUT2D eigenvalue weighted by molar-refractivity contribution is 6.39. The topological polar surface area (TPSA) is 190 Å². The van der Waals surface area contributed by atoms with Gasteiger partial charge in [0.25, 0.3) is 0 Å². The van der Waals surface area contributed by atoms with Crippen molar-refractivity contribution >= 4 is 22.3 Å². The number of benzene rings is 4. The second-order valence-corrected chi connectivity index (χ2v) is 11.0. The molecule has 6 rings (SSSR count). The predicted molar refractivity (Wildman–Crippen MR) is 175 cm³/mol. The Labute approximate surface area is 276 Å². The van der Waals surface area contributed by atoms with Crippen LogP contribution in [0.15, 0.2) is 71.8 Å². The largest absolute Gasteiger partial charge is 0.193 e. The summed E-state index contributed by atoms with van der Waals surface area (Å²) in [6, 6.07) is 33.9. The van der Waals surface area contributed by atoms with E-state index in [1.807, 2.05) is 72.8 Å². The summed E-state index contributed by atoms with van der Waals surface area (Å²) in [7, 11) is 0. The summed E-state index contributed by atoms with van der Waals surface area (Å²) in [6.07, 6.45) is 0. The maximum Gasteiger partial charge on any atom is 0.102 e. The Balaban J connectivity index is 1.71. The van der Waals surface area contributed by atoms with Crippen molar-refractivity contribution in [2.75, 3.05) is 0 Å². The van der Waals surface area contributed by atoms with E-state index in [0.717, 1.165) is 22.3 Å². The van der Waals surface area contributed by atoms with E-state index in [1.165, 1.54) is 0 Å². The van der Waals surface area contributed by atoms with Crippen LogP contribution < -0.4 is 0 Å². The van der Waals surface area contributed by atoms with E-state index in [2.05, 4.69) is 12.1 Å². The molecular formula is C40H16N8. The number of hydrogen-bond donors (Lipinski definition) is 0. The van der Waals surface area contributed by atoms with E-state index >= 15 is 0 Å². The van der Waals surface area contributed by atoms with Crippen LogP contribution in [0.25, 0.3) is 44.5 Å². The first-order valence-electron chi connectivity index (χ1n) is 14.3. The molecule has 0 N–H and O–H groups in total. The van der Waals surface area contributed by atoms with Crippen molar-refractivity contribution in [2.45, 2.75) is 13.8 Å². The third-order valence-corrected chi connectivity index (χ3v) is 8.61. The second-order valence-electron chi connectivity index (χ2n) is 11.0. The van der Waals surface area contributed by atoms with Gasteiger partial charge in [-0.05, 0) is 93.8 Å². The maximum atomic E-state index is 10.3. The van der Waals surface area contributed by atoms with Gasteiger partial charge in [-0.15, -0.1) is 0 Å². The van der Waals surface area contributed by atoms with E-state index < -0.39 is 0 Å². The van der Waals surface area contributed by atoms with Crippen LogP contribution in [0.3, 0.4) is 0 Å². The monoisotopic (exact) mass is 608 g/mol. The Morgan fingerprint density at radius 3 is 1.02 bits per heavy atom. The number of rotatable bonds is 2. The van der Waals surface area contributed by atoms with E-state index in [4.69, 9.17) is 0 Å². The molecule has 4 aromatic carbocycles. The van der Waals surface area contributed by atoms with Crippen LogP contribution in [-0.4, -0.2) is 0 Å². The average Bonchev–Trinajstić information content (AvgIpc) is 3.65. The molecule has 0 radical (unpaired) electrons. The van der Waals surface area contributed by atoms with Crippen molar-refractivity contribution in [3.8, 4) is 70.8 Å². The third-order valence-electron chi connectivity index (χ3n) is 8.61. The van der Waals surface area contributed by atoms with Gasteiger partial charge in [-0.3, -0.25) is 0 Å². The lowest BCUT2D eigenvalue weighted by molar-refractivity contribution is 1.38. The molecule has 0 heterocycles. The van der Waals surface area contributed by atoms with Crippen molar-refractivity contribution in [3.05, 3.63) is 127 Å². The van der Waals surface area contributed by atoms with Crippen molar-refractivity contribution < 1.29 is 0 Å². The third kappa shape index (κ3) is 4.15. The summed E-state index contributed by atoms with van der Waals surface area (Å²) < 4.78 is 0. The molecule has 0 aliphatic heterocycles. The van der Waals surface area contributed by atoms with Crippen LogP contribution in [0.4, 0.5) is 0 Å². The molecule has 216 valence electrons. The molecule has 8 nitrogen and oxygen atoms in total. The zero-order valence-electron chi connectivity index (χ0n) is 25.4. The molecule has 4 aromatic rings. The molecule has 0 fully saturated rings. The van der Waals surface area contributed by atoms with Crippen molar-refractivity contribution in [2.24, 2.45) is 0 Å². The first-order chi connectivity index (χ1) is 23.3. The van der Waals surface area contributed by atoms with Crippen LogP contribution in [0.1, 0.15) is 69.5 Å². The Kier molecular flexibility index (Phi) is 7.21. The van der Waals surface area contributed by atoms with Gasteiger partial charge in [-0.25, -0.2) is 0 Å². The van der Waals surface area contributed by atoms with Gasteiger partial charge in [0.1, 0.15) is 36.4 Å². The van der Waals surface area contributed by atoms with E-state index in [-0.39, 0.29) is 33.4 Å². The summed E-state index contributed by atoms with van der Waals surface area (Å²) in [5.41, 5.74) is 8.82. The standard InChI is InChI=1S/C40H16N8/c1-21(13-41)35-37-29(23-9-25(15-43)33(19-47)26(10-23)16-44)5-3-7-31(37)40-36(22(2)14-42)38-30(6-4-8-32(38)39(35)40)24-11-27(17-45)34(20-48)28(12-24)18-46/h3-12H,1-2H3/b35-21-,36-22-. The van der Waals surface area contributed by atoms with Crippen LogP contribution in [0.5, 0.6) is 0 Å². The fourth-order valence-electron chi connectivity index (χ4n) is 6.63. The van der Waals surface area contributed by atoms with Crippen molar-refractivity contribution in [1.29, 1.82) is 42.1 Å². The fraction of sp³-hybridized carbons (Fsp3) is 0.0500. The second kappa shape index (κ2) is 11.5. The zero-order valence-corrected chi connectivity index (χ0v) is 25.4. The Hall–Kier alpha value is -7.98. The van der Waals surface area contributed by atoms with Crippen LogP contribution in [-0.2, 0) is 0 Å². The molecule has 2 aliphatic rings. The zero-order chi connectivity index (χ0) is 34.3. The molecule has 0 amide bonds. The molecule has 2 aliphatic carbocycles. The van der Waals surface area contributed by atoms with Gasteiger partial charge in [0.15, 0.2) is 0 Å². The molecule has 0 atom stereocenters. The van der Waals surface area contributed by atoms with Gasteiger partial charge < -0.3 is 0 Å². The molecule has 0 unspecified atom stereocenters. The van der Waals surface area contributed by atoms with Crippen LogP contribution in [0, 0.1) is 90.6 Å². The molecule has 0 bridgehead atoms. The van der Waals surface area contributed by atoms with Gasteiger partial charge in [0.05, 0.1) is 45.5 Å². The lowest BCUT2D eigenvalue weighted by atomic mass is 9.82. The summed E-state index contributed by atoms with van der Waals surface area (Å²) in [4.78, 5) is 0. The summed E-state index contributed by atoms with van der Waals surface area (Å²) >= 11 is 0. The highest BCUT2D eigenvalue weighted by Crippen LogP contribution is 2.62. The SMILES string of the molecule is C/C(C#N)=C1C2=C(/C(=C(/C)C#N)c3c2cccc3-c2cc(C#N)c(C#N)c(C#N)c2)c2cccc(-c3cc(C#N)c(C#N)c(C#N)c3)c2/1. The first-order valence-corrected chi connectivity index (χ1v) is 14.3. The first kappa shape index (κ1) is 30.1. The van der Waals surface area contributed by atoms with E-state index in [9.17, 15) is 42.1 Å². The minimum atomic E-state index is -0.0147. The molecule has 0 spiro atoms. The van der Waals surface area contributed by atoms with Gasteiger partial charge in [0, 0.05) is 22.3 Å². The molecular weight excluding hydrogens is 592 g/mol. The summed E-state index contributed by atoms with van der Waals surface area (Å²) in [5, 5.41) is 79.2. The normalized spacial score (nSPS) is 13.9. The number of nitrogens with zero attached hydrogens (tertiary/aromatic N) is 8. The van der Waals surface area contributed by atoms with Gasteiger partial charge in [-0.1, -0.05) is 36.4 Å². The van der Waals surface area contributed by atoms with Crippen LogP contribution in [0.2, 0.25) is 0 Å². The molecule has 0 saturated heterocycles. The number of hydrogen-bond acceptors (Lipinski definition) is 8. The van der Waals surface area contributed by atoms with Gasteiger partial charge in [0.2, 0.25) is 0 Å². The van der Waals surface area contributed by atoms with Gasteiger partial charge >= 0.3 is 0 Å². The highest BCUT2D eigenvalue weighted by atomic mass is 14.4.